The number of fused-ring (bicyclic) bond motifs is 1. The molecule has 4 rings (SSSR count). The average molecular weight is 385 g/mol. The third-order valence-electron chi connectivity index (χ3n) is 4.42. The summed E-state index contributed by atoms with van der Waals surface area (Å²) in [4.78, 5) is 4.07. The lowest BCUT2D eigenvalue weighted by Crippen LogP contribution is -2.18. The Morgan fingerprint density at radius 1 is 1.19 bits per heavy atom. The predicted octanol–water partition coefficient (Wildman–Crippen LogP) is 3.24. The second kappa shape index (κ2) is 7.98. The number of ether oxygens (including phenoxy) is 2. The molecule has 0 atom stereocenters. The summed E-state index contributed by atoms with van der Waals surface area (Å²) in [5.74, 6) is 1.38. The fraction of sp³-hybridized carbons (Fsp3) is 0.300. The molecule has 0 saturated carbocycles. The summed E-state index contributed by atoms with van der Waals surface area (Å²) >= 11 is 6.31. The molecule has 7 heteroatoms. The molecule has 0 radical (unpaired) electrons. The van der Waals surface area contributed by atoms with E-state index in [2.05, 4.69) is 15.4 Å². The van der Waals surface area contributed by atoms with Crippen molar-refractivity contribution >= 4 is 11.6 Å². The van der Waals surface area contributed by atoms with Crippen LogP contribution in [0.1, 0.15) is 11.1 Å². The molecule has 0 saturated heterocycles. The minimum absolute atomic E-state index is 0.540. The molecule has 0 fully saturated rings. The first-order chi connectivity index (χ1) is 13.2. The molecular weight excluding hydrogens is 364 g/mol. The van der Waals surface area contributed by atoms with Crippen LogP contribution >= 0.6 is 11.6 Å². The van der Waals surface area contributed by atoms with Crippen LogP contribution in [0.4, 0.5) is 0 Å². The highest BCUT2D eigenvalue weighted by atomic mass is 35.5. The van der Waals surface area contributed by atoms with Crippen molar-refractivity contribution in [3.05, 3.63) is 59.0 Å². The number of halogens is 1. The van der Waals surface area contributed by atoms with E-state index in [0.717, 1.165) is 47.6 Å². The Kier molecular flexibility index (Phi) is 5.27. The topological polar surface area (TPSA) is 61.2 Å². The van der Waals surface area contributed by atoms with Crippen molar-refractivity contribution in [2.45, 2.75) is 13.0 Å². The normalized spacial score (nSPS) is 13.0. The van der Waals surface area contributed by atoms with Crippen LogP contribution in [0.15, 0.2) is 42.9 Å². The predicted molar refractivity (Wildman–Crippen MR) is 104 cm³/mol. The van der Waals surface area contributed by atoms with Gasteiger partial charge in [-0.25, -0.2) is 0 Å². The Morgan fingerprint density at radius 3 is 2.85 bits per heavy atom. The largest absolute Gasteiger partial charge is 0.486 e. The molecule has 0 unspecified atom stereocenters. The van der Waals surface area contributed by atoms with Crippen molar-refractivity contribution in [1.82, 2.24) is 20.1 Å². The van der Waals surface area contributed by atoms with Gasteiger partial charge in [0.1, 0.15) is 13.2 Å². The second-order valence-corrected chi connectivity index (χ2v) is 6.85. The van der Waals surface area contributed by atoms with Crippen LogP contribution in [0.5, 0.6) is 11.5 Å². The molecule has 6 nitrogen and oxygen atoms in total. The first-order valence-corrected chi connectivity index (χ1v) is 9.30. The Labute approximate surface area is 163 Å². The molecule has 1 aliphatic heterocycles. The van der Waals surface area contributed by atoms with E-state index in [0.29, 0.717) is 24.0 Å². The highest BCUT2D eigenvalue weighted by molar-refractivity contribution is 6.32. The van der Waals surface area contributed by atoms with Gasteiger partial charge in [-0.05, 0) is 42.8 Å². The zero-order chi connectivity index (χ0) is 18.6. The Morgan fingerprint density at radius 2 is 2.00 bits per heavy atom. The van der Waals surface area contributed by atoms with Crippen molar-refractivity contribution < 1.29 is 9.47 Å². The fourth-order valence-electron chi connectivity index (χ4n) is 3.18. The van der Waals surface area contributed by atoms with Gasteiger partial charge in [-0.15, -0.1) is 0 Å². The van der Waals surface area contributed by atoms with Crippen LogP contribution < -0.4 is 14.8 Å². The van der Waals surface area contributed by atoms with Crippen LogP contribution in [0, 0.1) is 0 Å². The number of pyridine rings is 1. The van der Waals surface area contributed by atoms with E-state index in [9.17, 15) is 0 Å². The molecule has 1 aromatic carbocycles. The summed E-state index contributed by atoms with van der Waals surface area (Å²) in [7, 11) is 1.94. The lowest BCUT2D eigenvalue weighted by atomic mass is 10.1. The number of nitrogens with one attached hydrogen (secondary N) is 1. The van der Waals surface area contributed by atoms with Crippen LogP contribution in [0.2, 0.25) is 5.02 Å². The molecule has 3 heterocycles. The van der Waals surface area contributed by atoms with Gasteiger partial charge in [0, 0.05) is 43.3 Å². The summed E-state index contributed by atoms with van der Waals surface area (Å²) < 4.78 is 13.0. The molecule has 0 aliphatic carbocycles. The lowest BCUT2D eigenvalue weighted by molar-refractivity contribution is 0.171. The zero-order valence-corrected chi connectivity index (χ0v) is 15.9. The van der Waals surface area contributed by atoms with E-state index >= 15 is 0 Å². The SMILES string of the molecule is Cn1cc(CNCCc2cc(Cl)c3c(c2)OCCO3)c(-c2ccncc2)n1. The molecule has 1 aliphatic rings. The molecule has 0 spiro atoms. The standard InChI is InChI=1S/C20H21ClN4O2/c1-25-13-16(19(24-25)15-3-6-22-7-4-15)12-23-5-2-14-10-17(21)20-18(11-14)26-8-9-27-20/h3-4,6-7,10-11,13,23H,2,5,8-9,12H2,1H3. The number of hydrogen-bond acceptors (Lipinski definition) is 5. The van der Waals surface area contributed by atoms with Crippen LogP contribution in [0.3, 0.4) is 0 Å². The quantitative estimate of drug-likeness (QED) is 0.661. The summed E-state index contributed by atoms with van der Waals surface area (Å²) in [6, 6.07) is 7.91. The number of nitrogens with zero attached hydrogens (tertiary/aromatic N) is 3. The summed E-state index contributed by atoms with van der Waals surface area (Å²) in [5, 5.41) is 8.67. The third-order valence-corrected chi connectivity index (χ3v) is 4.70. The van der Waals surface area contributed by atoms with Crippen molar-refractivity contribution in [3.63, 3.8) is 0 Å². The first kappa shape index (κ1) is 17.8. The zero-order valence-electron chi connectivity index (χ0n) is 15.1. The Balaban J connectivity index is 1.38. The van der Waals surface area contributed by atoms with E-state index in [1.165, 1.54) is 0 Å². The van der Waals surface area contributed by atoms with Crippen molar-refractivity contribution in [3.8, 4) is 22.8 Å². The van der Waals surface area contributed by atoms with Crippen molar-refractivity contribution in [1.29, 1.82) is 0 Å². The molecule has 2 aromatic heterocycles. The van der Waals surface area contributed by atoms with Crippen molar-refractivity contribution in [2.24, 2.45) is 7.05 Å². The first-order valence-electron chi connectivity index (χ1n) is 8.92. The summed E-state index contributed by atoms with van der Waals surface area (Å²) in [6.45, 7) is 2.66. The van der Waals surface area contributed by atoms with Gasteiger partial charge < -0.3 is 14.8 Å². The molecule has 1 N–H and O–H groups in total. The number of rotatable bonds is 6. The van der Waals surface area contributed by atoms with Gasteiger partial charge in [-0.3, -0.25) is 9.67 Å². The van der Waals surface area contributed by atoms with Crippen LogP contribution in [-0.2, 0) is 20.0 Å². The molecule has 27 heavy (non-hydrogen) atoms. The monoisotopic (exact) mass is 384 g/mol. The minimum Gasteiger partial charge on any atom is -0.486 e. The summed E-state index contributed by atoms with van der Waals surface area (Å²) in [6.07, 6.45) is 6.46. The van der Waals surface area contributed by atoms with E-state index < -0.39 is 0 Å². The minimum atomic E-state index is 0.540. The second-order valence-electron chi connectivity index (χ2n) is 6.44. The highest BCUT2D eigenvalue weighted by Crippen LogP contribution is 2.38. The Bertz CT molecular complexity index is 927. The Hall–Kier alpha value is -2.57. The molecular formula is C20H21ClN4O2. The number of aryl methyl sites for hydroxylation is 1. The van der Waals surface area contributed by atoms with Gasteiger partial charge in [0.25, 0.3) is 0 Å². The molecule has 0 amide bonds. The number of benzene rings is 1. The van der Waals surface area contributed by atoms with E-state index in [-0.39, 0.29) is 0 Å². The summed E-state index contributed by atoms with van der Waals surface area (Å²) in [5.41, 5.74) is 4.33. The third kappa shape index (κ3) is 4.07. The van der Waals surface area contributed by atoms with E-state index in [1.807, 2.05) is 42.2 Å². The van der Waals surface area contributed by atoms with Gasteiger partial charge in [-0.1, -0.05) is 11.6 Å². The maximum absolute atomic E-state index is 6.31. The maximum Gasteiger partial charge on any atom is 0.179 e. The van der Waals surface area contributed by atoms with E-state index in [1.54, 1.807) is 12.4 Å². The smallest absolute Gasteiger partial charge is 0.179 e. The van der Waals surface area contributed by atoms with Crippen LogP contribution in [0.25, 0.3) is 11.3 Å². The lowest BCUT2D eigenvalue weighted by Gasteiger charge is -2.20. The van der Waals surface area contributed by atoms with Crippen LogP contribution in [-0.4, -0.2) is 34.5 Å². The highest BCUT2D eigenvalue weighted by Gasteiger charge is 2.16. The molecule has 3 aromatic rings. The van der Waals surface area contributed by atoms with E-state index in [4.69, 9.17) is 21.1 Å². The van der Waals surface area contributed by atoms with Gasteiger partial charge in [0.15, 0.2) is 11.5 Å². The van der Waals surface area contributed by atoms with Gasteiger partial charge in [-0.2, -0.15) is 5.10 Å². The van der Waals surface area contributed by atoms with Gasteiger partial charge in [0.2, 0.25) is 0 Å². The number of aromatic nitrogens is 3. The fourth-order valence-corrected chi connectivity index (χ4v) is 3.47. The van der Waals surface area contributed by atoms with Crippen molar-refractivity contribution in [2.75, 3.05) is 19.8 Å². The van der Waals surface area contributed by atoms with Gasteiger partial charge in [0.05, 0.1) is 10.7 Å². The molecule has 0 bridgehead atoms. The van der Waals surface area contributed by atoms with Gasteiger partial charge >= 0.3 is 0 Å². The molecule has 140 valence electrons. The number of hydrogen-bond donors (Lipinski definition) is 1. The maximum atomic E-state index is 6.31. The average Bonchev–Trinajstić information content (AvgIpc) is 3.07.